The van der Waals surface area contributed by atoms with Gasteiger partial charge in [0.15, 0.2) is 5.96 Å². The molecule has 0 saturated heterocycles. The zero-order valence-electron chi connectivity index (χ0n) is 16.2. The van der Waals surface area contributed by atoms with Gasteiger partial charge in [-0.1, -0.05) is 32.1 Å². The normalized spacial score (nSPS) is 19.3. The van der Waals surface area contributed by atoms with Crippen LogP contribution in [-0.4, -0.2) is 40.3 Å². The van der Waals surface area contributed by atoms with Crippen molar-refractivity contribution < 1.29 is 4.21 Å². The number of hydrogen-bond donors (Lipinski definition) is 2. The fraction of sp³-hybridized carbons (Fsp3) is 0.944. The van der Waals surface area contributed by atoms with Crippen molar-refractivity contribution in [3.8, 4) is 0 Å². The van der Waals surface area contributed by atoms with E-state index >= 15 is 0 Å². The first-order chi connectivity index (χ1) is 10.8. The second-order valence-corrected chi connectivity index (χ2v) is 10.1. The van der Waals surface area contributed by atoms with Crippen LogP contribution in [0.2, 0.25) is 0 Å². The van der Waals surface area contributed by atoms with E-state index < -0.39 is 10.8 Å². The van der Waals surface area contributed by atoms with Crippen LogP contribution >= 0.6 is 24.0 Å². The van der Waals surface area contributed by atoms with Crippen LogP contribution in [-0.2, 0) is 10.8 Å². The Bertz CT molecular complexity index is 390. The molecule has 2 atom stereocenters. The third kappa shape index (κ3) is 10.2. The summed E-state index contributed by atoms with van der Waals surface area (Å²) in [5, 5.41) is 6.75. The lowest BCUT2D eigenvalue weighted by molar-refractivity contribution is 0.322. The molecular weight excluding hydrogens is 433 g/mol. The molecule has 1 fully saturated rings. The molecule has 4 nitrogen and oxygen atoms in total. The van der Waals surface area contributed by atoms with Crippen LogP contribution in [0.4, 0.5) is 0 Å². The molecule has 0 amide bonds. The van der Waals surface area contributed by atoms with Crippen LogP contribution in [0.15, 0.2) is 4.99 Å². The van der Waals surface area contributed by atoms with Crippen LogP contribution in [0.1, 0.15) is 72.6 Å². The molecular formula is C18H38IN3OS. The maximum absolute atomic E-state index is 12.0. The summed E-state index contributed by atoms with van der Waals surface area (Å²) in [7, 11) is 0.975. The third-order valence-corrected chi connectivity index (χ3v) is 6.54. The summed E-state index contributed by atoms with van der Waals surface area (Å²) in [6, 6.07) is 0.427. The van der Waals surface area contributed by atoms with E-state index in [2.05, 4.69) is 22.5 Å². The minimum atomic E-state index is -0.821. The molecule has 2 N–H and O–H groups in total. The number of rotatable bonds is 7. The molecule has 1 aliphatic rings. The molecule has 1 aliphatic carbocycles. The smallest absolute Gasteiger partial charge is 0.191 e. The average molecular weight is 471 g/mol. The van der Waals surface area contributed by atoms with E-state index in [0.717, 1.165) is 11.9 Å². The molecule has 0 aromatic carbocycles. The van der Waals surface area contributed by atoms with Crippen LogP contribution in [0.5, 0.6) is 0 Å². The Morgan fingerprint density at radius 1 is 1.25 bits per heavy atom. The number of halogens is 1. The van der Waals surface area contributed by atoms with Crippen molar-refractivity contribution in [2.45, 2.75) is 83.4 Å². The van der Waals surface area contributed by atoms with Crippen molar-refractivity contribution >= 4 is 40.7 Å². The molecule has 24 heavy (non-hydrogen) atoms. The van der Waals surface area contributed by atoms with Gasteiger partial charge in [-0.25, -0.2) is 0 Å². The van der Waals surface area contributed by atoms with E-state index in [-0.39, 0.29) is 28.7 Å². The van der Waals surface area contributed by atoms with Gasteiger partial charge in [0.2, 0.25) is 0 Å². The summed E-state index contributed by atoms with van der Waals surface area (Å²) >= 11 is 0. The van der Waals surface area contributed by atoms with Crippen molar-refractivity contribution in [2.75, 3.05) is 19.3 Å². The van der Waals surface area contributed by atoms with E-state index in [0.29, 0.717) is 18.3 Å². The lowest BCUT2D eigenvalue weighted by Gasteiger charge is -2.24. The quantitative estimate of drug-likeness (QED) is 0.335. The molecule has 0 spiro atoms. The Hall–Kier alpha value is 0.150. The number of guanidine groups is 1. The monoisotopic (exact) mass is 471 g/mol. The van der Waals surface area contributed by atoms with Gasteiger partial charge in [0.25, 0.3) is 0 Å². The van der Waals surface area contributed by atoms with Gasteiger partial charge in [-0.2, -0.15) is 0 Å². The van der Waals surface area contributed by atoms with Crippen LogP contribution in [0.3, 0.4) is 0 Å². The Balaban J connectivity index is 0.00000529. The predicted molar refractivity (Wildman–Crippen MR) is 118 cm³/mol. The maximum atomic E-state index is 12.0. The molecule has 2 unspecified atom stereocenters. The molecule has 1 rings (SSSR count). The molecule has 1 saturated carbocycles. The fourth-order valence-corrected chi connectivity index (χ4v) is 3.93. The minimum absolute atomic E-state index is 0. The predicted octanol–water partition coefficient (Wildman–Crippen LogP) is 4.07. The van der Waals surface area contributed by atoms with E-state index in [1.165, 1.54) is 44.9 Å². The lowest BCUT2D eigenvalue weighted by atomic mass is 9.85. The van der Waals surface area contributed by atoms with Gasteiger partial charge in [-0.15, -0.1) is 24.0 Å². The third-order valence-electron chi connectivity index (χ3n) is 4.60. The zero-order chi connectivity index (χ0) is 17.3. The number of hydrogen-bond acceptors (Lipinski definition) is 2. The fourth-order valence-electron chi connectivity index (χ4n) is 3.03. The van der Waals surface area contributed by atoms with Gasteiger partial charge < -0.3 is 10.6 Å². The molecule has 0 aromatic heterocycles. The highest BCUT2D eigenvalue weighted by atomic mass is 127. The Morgan fingerprint density at radius 3 is 2.42 bits per heavy atom. The van der Waals surface area contributed by atoms with Gasteiger partial charge in [0.05, 0.1) is 0 Å². The largest absolute Gasteiger partial charge is 0.355 e. The minimum Gasteiger partial charge on any atom is -0.355 e. The Morgan fingerprint density at radius 2 is 1.88 bits per heavy atom. The average Bonchev–Trinajstić information content (AvgIpc) is 2.51. The van der Waals surface area contributed by atoms with Crippen LogP contribution in [0.25, 0.3) is 0 Å². The summed E-state index contributed by atoms with van der Waals surface area (Å²) in [5.74, 6) is 2.41. The van der Waals surface area contributed by atoms with E-state index in [1.807, 2.05) is 20.8 Å². The molecule has 0 bridgehead atoms. The zero-order valence-corrected chi connectivity index (χ0v) is 19.3. The summed E-state index contributed by atoms with van der Waals surface area (Å²) in [6.45, 7) is 8.97. The van der Waals surface area contributed by atoms with Gasteiger partial charge in [-0.05, 0) is 46.5 Å². The second-order valence-electron chi connectivity index (χ2n) is 7.79. The Labute approximate surface area is 168 Å². The standard InChI is InChI=1S/C18H37N3OS.HI/c1-15(11-12-16-9-7-6-8-10-16)21-17(19-5)20-13-14-23(22)18(2,3)4;/h15-16H,6-14H2,1-5H3,(H2,19,20,21);1H. The molecule has 144 valence electrons. The van der Waals surface area contributed by atoms with Crippen molar-refractivity contribution in [3.05, 3.63) is 0 Å². The Kier molecular flexibility index (Phi) is 12.6. The first kappa shape index (κ1) is 24.1. The van der Waals surface area contributed by atoms with Gasteiger partial charge in [0, 0.05) is 40.9 Å². The first-order valence-corrected chi connectivity index (χ1v) is 10.5. The molecule has 0 aromatic rings. The topological polar surface area (TPSA) is 53.5 Å². The van der Waals surface area contributed by atoms with E-state index in [4.69, 9.17) is 0 Å². The van der Waals surface area contributed by atoms with E-state index in [9.17, 15) is 4.21 Å². The van der Waals surface area contributed by atoms with E-state index in [1.54, 1.807) is 7.05 Å². The molecule has 6 heteroatoms. The summed E-state index contributed by atoms with van der Waals surface area (Å²) in [4.78, 5) is 4.28. The first-order valence-electron chi connectivity index (χ1n) is 9.18. The summed E-state index contributed by atoms with van der Waals surface area (Å²) in [5.41, 5.74) is 0. The molecule has 0 radical (unpaired) electrons. The number of aliphatic imine (C=N–C) groups is 1. The van der Waals surface area contributed by atoms with Crippen molar-refractivity contribution in [1.82, 2.24) is 10.6 Å². The second kappa shape index (κ2) is 12.5. The van der Waals surface area contributed by atoms with Gasteiger partial charge in [-0.3, -0.25) is 9.20 Å². The summed E-state index contributed by atoms with van der Waals surface area (Å²) in [6.07, 6.45) is 9.60. The molecule has 0 heterocycles. The van der Waals surface area contributed by atoms with Crippen LogP contribution < -0.4 is 10.6 Å². The highest BCUT2D eigenvalue weighted by Crippen LogP contribution is 2.27. The van der Waals surface area contributed by atoms with Crippen molar-refractivity contribution in [3.63, 3.8) is 0 Å². The molecule has 0 aliphatic heterocycles. The summed E-state index contributed by atoms with van der Waals surface area (Å²) < 4.78 is 11.9. The van der Waals surface area contributed by atoms with Gasteiger partial charge >= 0.3 is 0 Å². The number of nitrogens with one attached hydrogen (secondary N) is 2. The highest BCUT2D eigenvalue weighted by Gasteiger charge is 2.19. The van der Waals surface area contributed by atoms with Gasteiger partial charge in [0.1, 0.15) is 0 Å². The van der Waals surface area contributed by atoms with Crippen molar-refractivity contribution in [2.24, 2.45) is 10.9 Å². The lowest BCUT2D eigenvalue weighted by Crippen LogP contribution is -2.44. The maximum Gasteiger partial charge on any atom is 0.191 e. The SMILES string of the molecule is CN=C(NCCS(=O)C(C)(C)C)NC(C)CCC1CCCCC1.I. The number of nitrogens with zero attached hydrogens (tertiary/aromatic N) is 1. The van der Waals surface area contributed by atoms with Crippen LogP contribution in [0, 0.1) is 5.92 Å². The van der Waals surface area contributed by atoms with Crippen molar-refractivity contribution in [1.29, 1.82) is 0 Å². The highest BCUT2D eigenvalue weighted by molar-refractivity contribution is 14.0.